The first-order chi connectivity index (χ1) is 10.1. The van der Waals surface area contributed by atoms with E-state index in [1.54, 1.807) is 31.2 Å². The minimum absolute atomic E-state index is 0.0902. The number of ether oxygens (including phenoxy) is 1. The zero-order valence-corrected chi connectivity index (χ0v) is 11.5. The summed E-state index contributed by atoms with van der Waals surface area (Å²) in [4.78, 5) is 23.6. The molecular weight excluding hydrogens is 268 g/mol. The van der Waals surface area contributed by atoms with Crippen molar-refractivity contribution >= 4 is 11.8 Å². The molecular formula is C17H14O4. The second-order valence-electron chi connectivity index (χ2n) is 5.09. The third-order valence-electron chi connectivity index (χ3n) is 3.77. The normalized spacial score (nSPS) is 14.4. The molecule has 0 aromatic heterocycles. The Morgan fingerprint density at radius 2 is 1.95 bits per heavy atom. The molecule has 4 nitrogen and oxygen atoms in total. The van der Waals surface area contributed by atoms with Crippen molar-refractivity contribution in [3.8, 4) is 5.75 Å². The zero-order valence-electron chi connectivity index (χ0n) is 11.5. The number of hydrogen-bond donors (Lipinski definition) is 1. The molecule has 0 bridgehead atoms. The van der Waals surface area contributed by atoms with Gasteiger partial charge in [0.25, 0.3) is 0 Å². The molecule has 4 heteroatoms. The highest BCUT2D eigenvalue weighted by Crippen LogP contribution is 2.31. The summed E-state index contributed by atoms with van der Waals surface area (Å²) in [6.45, 7) is 1.91. The van der Waals surface area contributed by atoms with Gasteiger partial charge in [0, 0.05) is 11.1 Å². The Kier molecular flexibility index (Phi) is 3.22. The average molecular weight is 282 g/mol. The van der Waals surface area contributed by atoms with Crippen molar-refractivity contribution in [2.24, 2.45) is 0 Å². The largest absolute Gasteiger partial charge is 0.488 e. The molecule has 0 aliphatic carbocycles. The lowest BCUT2D eigenvalue weighted by Crippen LogP contribution is -2.08. The first kappa shape index (κ1) is 13.4. The molecule has 1 N–H and O–H groups in total. The highest BCUT2D eigenvalue weighted by molar-refractivity contribution is 6.12. The number of hydrogen-bond acceptors (Lipinski definition) is 3. The SMILES string of the molecule is CC(C(=O)O)c1ccc2c(c1)OCc1ccccc1C2=O. The smallest absolute Gasteiger partial charge is 0.310 e. The number of carbonyl (C=O) groups excluding carboxylic acids is 1. The van der Waals surface area contributed by atoms with Crippen molar-refractivity contribution in [3.63, 3.8) is 0 Å². The monoisotopic (exact) mass is 282 g/mol. The summed E-state index contributed by atoms with van der Waals surface area (Å²) >= 11 is 0. The molecule has 1 heterocycles. The zero-order chi connectivity index (χ0) is 15.0. The Morgan fingerprint density at radius 1 is 1.19 bits per heavy atom. The Labute approximate surface area is 122 Å². The van der Waals surface area contributed by atoms with Crippen molar-refractivity contribution < 1.29 is 19.4 Å². The second-order valence-corrected chi connectivity index (χ2v) is 5.09. The molecule has 0 spiro atoms. The fraction of sp³-hybridized carbons (Fsp3) is 0.176. The first-order valence-corrected chi connectivity index (χ1v) is 6.70. The summed E-state index contributed by atoms with van der Waals surface area (Å²) in [7, 11) is 0. The first-order valence-electron chi connectivity index (χ1n) is 6.70. The molecule has 0 saturated heterocycles. The number of carbonyl (C=O) groups is 2. The minimum atomic E-state index is -0.904. The van der Waals surface area contributed by atoms with Crippen LogP contribution in [0, 0.1) is 0 Å². The number of ketones is 1. The predicted molar refractivity (Wildman–Crippen MR) is 76.7 cm³/mol. The molecule has 0 radical (unpaired) electrons. The van der Waals surface area contributed by atoms with Gasteiger partial charge >= 0.3 is 5.97 Å². The Bertz CT molecular complexity index is 733. The molecule has 1 atom stereocenters. The maximum absolute atomic E-state index is 12.5. The van der Waals surface area contributed by atoms with Crippen molar-refractivity contribution in [2.75, 3.05) is 0 Å². The molecule has 106 valence electrons. The highest BCUT2D eigenvalue weighted by Gasteiger charge is 2.23. The van der Waals surface area contributed by atoms with Gasteiger partial charge in [0.2, 0.25) is 0 Å². The molecule has 21 heavy (non-hydrogen) atoms. The molecule has 1 aliphatic rings. The summed E-state index contributed by atoms with van der Waals surface area (Å²) < 4.78 is 5.70. The van der Waals surface area contributed by atoms with Crippen LogP contribution >= 0.6 is 0 Å². The molecule has 0 fully saturated rings. The van der Waals surface area contributed by atoms with Crippen LogP contribution in [0.1, 0.15) is 39.9 Å². The number of carboxylic acid groups (broad SMARTS) is 1. The van der Waals surface area contributed by atoms with Gasteiger partial charge in [0.1, 0.15) is 12.4 Å². The summed E-state index contributed by atoms with van der Waals surface area (Å²) in [5, 5.41) is 9.08. The molecule has 1 aliphatic heterocycles. The van der Waals surface area contributed by atoms with Gasteiger partial charge in [-0.15, -0.1) is 0 Å². The van der Waals surface area contributed by atoms with Gasteiger partial charge < -0.3 is 9.84 Å². The van der Waals surface area contributed by atoms with E-state index in [0.717, 1.165) is 5.56 Å². The molecule has 2 aromatic rings. The van der Waals surface area contributed by atoms with E-state index in [0.29, 0.717) is 29.0 Å². The van der Waals surface area contributed by atoms with E-state index in [1.807, 2.05) is 18.2 Å². The van der Waals surface area contributed by atoms with Crippen LogP contribution in [0.4, 0.5) is 0 Å². The molecule has 0 amide bonds. The number of rotatable bonds is 2. The lowest BCUT2D eigenvalue weighted by atomic mass is 9.95. The Hall–Kier alpha value is -2.62. The summed E-state index contributed by atoms with van der Waals surface area (Å²) in [5.74, 6) is -1.19. The summed E-state index contributed by atoms with van der Waals surface area (Å²) in [6.07, 6.45) is 0. The predicted octanol–water partition coefficient (Wildman–Crippen LogP) is 3.00. The van der Waals surface area contributed by atoms with Crippen LogP contribution < -0.4 is 4.74 Å². The van der Waals surface area contributed by atoms with Crippen LogP contribution in [0.3, 0.4) is 0 Å². The van der Waals surface area contributed by atoms with Gasteiger partial charge in [-0.3, -0.25) is 9.59 Å². The third-order valence-corrected chi connectivity index (χ3v) is 3.77. The Balaban J connectivity index is 2.07. The van der Waals surface area contributed by atoms with Gasteiger partial charge in [-0.25, -0.2) is 0 Å². The number of benzene rings is 2. The fourth-order valence-electron chi connectivity index (χ4n) is 2.43. The van der Waals surface area contributed by atoms with E-state index in [9.17, 15) is 9.59 Å². The van der Waals surface area contributed by atoms with E-state index in [2.05, 4.69) is 0 Å². The van der Waals surface area contributed by atoms with Crippen LogP contribution in [0.15, 0.2) is 42.5 Å². The lowest BCUT2D eigenvalue weighted by Gasteiger charge is -2.11. The molecule has 2 aromatic carbocycles. The van der Waals surface area contributed by atoms with E-state index in [1.165, 1.54) is 0 Å². The van der Waals surface area contributed by atoms with Crippen LogP contribution in [-0.4, -0.2) is 16.9 Å². The second kappa shape index (κ2) is 5.05. The summed E-state index contributed by atoms with van der Waals surface area (Å²) in [6, 6.07) is 12.3. The van der Waals surface area contributed by atoms with Gasteiger partial charge in [-0.05, 0) is 24.6 Å². The number of carboxylic acids is 1. The molecule has 1 unspecified atom stereocenters. The Morgan fingerprint density at radius 3 is 2.71 bits per heavy atom. The quantitative estimate of drug-likeness (QED) is 0.919. The van der Waals surface area contributed by atoms with Crippen LogP contribution in [-0.2, 0) is 11.4 Å². The lowest BCUT2D eigenvalue weighted by molar-refractivity contribution is -0.138. The van der Waals surface area contributed by atoms with E-state index >= 15 is 0 Å². The van der Waals surface area contributed by atoms with Gasteiger partial charge in [-0.2, -0.15) is 0 Å². The van der Waals surface area contributed by atoms with Crippen molar-refractivity contribution in [3.05, 3.63) is 64.7 Å². The number of fused-ring (bicyclic) bond motifs is 2. The maximum Gasteiger partial charge on any atom is 0.310 e. The van der Waals surface area contributed by atoms with E-state index in [-0.39, 0.29) is 5.78 Å². The third kappa shape index (κ3) is 2.29. The topological polar surface area (TPSA) is 63.6 Å². The highest BCUT2D eigenvalue weighted by atomic mass is 16.5. The van der Waals surface area contributed by atoms with E-state index in [4.69, 9.17) is 9.84 Å². The summed E-state index contributed by atoms with van der Waals surface area (Å²) in [5.41, 5.74) is 2.57. The van der Waals surface area contributed by atoms with Crippen molar-refractivity contribution in [1.82, 2.24) is 0 Å². The fourth-order valence-corrected chi connectivity index (χ4v) is 2.43. The number of aliphatic carboxylic acids is 1. The maximum atomic E-state index is 12.5. The van der Waals surface area contributed by atoms with E-state index < -0.39 is 11.9 Å². The molecule has 3 rings (SSSR count). The van der Waals surface area contributed by atoms with Crippen LogP contribution in [0.5, 0.6) is 5.75 Å². The van der Waals surface area contributed by atoms with Gasteiger partial charge in [0.05, 0.1) is 11.5 Å². The van der Waals surface area contributed by atoms with Gasteiger partial charge in [0.15, 0.2) is 5.78 Å². The van der Waals surface area contributed by atoms with Crippen molar-refractivity contribution in [1.29, 1.82) is 0 Å². The standard InChI is InChI=1S/C17H14O4/c1-10(17(19)20)11-6-7-14-15(8-11)21-9-12-4-2-3-5-13(12)16(14)18/h2-8,10H,9H2,1H3,(H,19,20). The average Bonchev–Trinajstić information content (AvgIpc) is 2.64. The van der Waals surface area contributed by atoms with Crippen molar-refractivity contribution in [2.45, 2.75) is 19.4 Å². The minimum Gasteiger partial charge on any atom is -0.488 e. The van der Waals surface area contributed by atoms with Crippen LogP contribution in [0.2, 0.25) is 0 Å². The van der Waals surface area contributed by atoms with Gasteiger partial charge in [-0.1, -0.05) is 30.3 Å². The molecule has 0 saturated carbocycles. The van der Waals surface area contributed by atoms with Crippen LogP contribution in [0.25, 0.3) is 0 Å².